The molecule has 3 heterocycles. The van der Waals surface area contributed by atoms with Gasteiger partial charge in [-0.1, -0.05) is 6.07 Å². The zero-order chi connectivity index (χ0) is 19.6. The first kappa shape index (κ1) is 17.8. The summed E-state index contributed by atoms with van der Waals surface area (Å²) in [5, 5.41) is 4.23. The lowest BCUT2D eigenvalue weighted by Gasteiger charge is -2.26. The minimum absolute atomic E-state index is 0.0606. The van der Waals surface area contributed by atoms with Crippen molar-refractivity contribution in [3.05, 3.63) is 72.1 Å². The standard InChI is InChI=1S/C23H23N3O3/c27-23(17-5-8-19(9-6-17)26-13-2-11-24-26)25-12-1-4-20(25)18-7-10-21-22(16-18)29-15-3-14-28-21/h2,5-11,13,16,20H,1,3-4,12,14-15H2/t20-/m0/s1. The van der Waals surface area contributed by atoms with E-state index in [0.29, 0.717) is 18.8 Å². The van der Waals surface area contributed by atoms with Gasteiger partial charge in [0, 0.05) is 30.9 Å². The molecule has 0 spiro atoms. The minimum atomic E-state index is 0.0606. The van der Waals surface area contributed by atoms with Gasteiger partial charge in [-0.3, -0.25) is 4.79 Å². The molecule has 29 heavy (non-hydrogen) atoms. The van der Waals surface area contributed by atoms with Crippen molar-refractivity contribution in [3.63, 3.8) is 0 Å². The van der Waals surface area contributed by atoms with Crippen molar-refractivity contribution in [2.24, 2.45) is 0 Å². The highest BCUT2D eigenvalue weighted by molar-refractivity contribution is 5.94. The van der Waals surface area contributed by atoms with Crippen molar-refractivity contribution in [2.45, 2.75) is 25.3 Å². The van der Waals surface area contributed by atoms with Crippen LogP contribution in [0, 0.1) is 0 Å². The molecule has 0 N–H and O–H groups in total. The van der Waals surface area contributed by atoms with Crippen molar-refractivity contribution in [1.29, 1.82) is 0 Å². The molecular formula is C23H23N3O3. The number of amides is 1. The summed E-state index contributed by atoms with van der Waals surface area (Å²) in [5.74, 6) is 1.63. The summed E-state index contributed by atoms with van der Waals surface area (Å²) in [6, 6.07) is 15.6. The van der Waals surface area contributed by atoms with E-state index >= 15 is 0 Å². The zero-order valence-corrected chi connectivity index (χ0v) is 16.2. The van der Waals surface area contributed by atoms with Crippen LogP contribution >= 0.6 is 0 Å². The summed E-state index contributed by atoms with van der Waals surface area (Å²) in [5.41, 5.74) is 2.74. The fourth-order valence-electron chi connectivity index (χ4n) is 4.09. The topological polar surface area (TPSA) is 56.6 Å². The maximum absolute atomic E-state index is 13.2. The Bertz CT molecular complexity index is 999. The van der Waals surface area contributed by atoms with E-state index in [1.807, 2.05) is 53.6 Å². The van der Waals surface area contributed by atoms with E-state index in [-0.39, 0.29) is 11.9 Å². The van der Waals surface area contributed by atoms with Crippen LogP contribution in [-0.4, -0.2) is 40.3 Å². The Morgan fingerprint density at radius 3 is 2.62 bits per heavy atom. The summed E-state index contributed by atoms with van der Waals surface area (Å²) in [6.45, 7) is 2.10. The summed E-state index contributed by atoms with van der Waals surface area (Å²) in [7, 11) is 0. The Balaban J connectivity index is 1.38. The largest absolute Gasteiger partial charge is 0.490 e. The van der Waals surface area contributed by atoms with Gasteiger partial charge < -0.3 is 14.4 Å². The number of nitrogens with zero attached hydrogens (tertiary/aromatic N) is 3. The summed E-state index contributed by atoms with van der Waals surface area (Å²) in [6.07, 6.45) is 6.46. The Labute approximate surface area is 169 Å². The van der Waals surface area contributed by atoms with Crippen LogP contribution in [0.25, 0.3) is 5.69 Å². The number of likely N-dealkylation sites (tertiary alicyclic amines) is 1. The summed E-state index contributed by atoms with van der Waals surface area (Å²) in [4.78, 5) is 15.2. The van der Waals surface area contributed by atoms with Gasteiger partial charge in [-0.05, 0) is 60.9 Å². The Morgan fingerprint density at radius 2 is 1.83 bits per heavy atom. The van der Waals surface area contributed by atoms with Gasteiger partial charge in [-0.2, -0.15) is 5.10 Å². The maximum atomic E-state index is 13.2. The molecule has 148 valence electrons. The lowest BCUT2D eigenvalue weighted by Crippen LogP contribution is -2.30. The predicted octanol–water partition coefficient (Wildman–Crippen LogP) is 4.01. The molecule has 0 aliphatic carbocycles. The molecule has 1 saturated heterocycles. The van der Waals surface area contributed by atoms with Gasteiger partial charge in [0.05, 0.1) is 24.9 Å². The number of ether oxygens (including phenoxy) is 2. The highest BCUT2D eigenvalue weighted by atomic mass is 16.5. The molecule has 1 aromatic heterocycles. The maximum Gasteiger partial charge on any atom is 0.254 e. The fraction of sp³-hybridized carbons (Fsp3) is 0.304. The van der Waals surface area contributed by atoms with E-state index in [9.17, 15) is 4.79 Å². The Morgan fingerprint density at radius 1 is 1.00 bits per heavy atom. The van der Waals surface area contributed by atoms with Gasteiger partial charge in [0.25, 0.3) is 5.91 Å². The number of carbonyl (C=O) groups is 1. The average Bonchev–Trinajstić information content (AvgIpc) is 3.42. The number of hydrogen-bond acceptors (Lipinski definition) is 4. The third-order valence-electron chi connectivity index (χ3n) is 5.55. The lowest BCUT2D eigenvalue weighted by atomic mass is 10.0. The lowest BCUT2D eigenvalue weighted by molar-refractivity contribution is 0.0735. The van der Waals surface area contributed by atoms with Crippen molar-refractivity contribution >= 4 is 5.91 Å². The minimum Gasteiger partial charge on any atom is -0.490 e. The van der Waals surface area contributed by atoms with Gasteiger partial charge in [0.1, 0.15) is 0 Å². The van der Waals surface area contributed by atoms with Gasteiger partial charge in [0.15, 0.2) is 11.5 Å². The molecule has 2 aliphatic rings. The molecule has 0 bridgehead atoms. The van der Waals surface area contributed by atoms with Gasteiger partial charge >= 0.3 is 0 Å². The summed E-state index contributed by atoms with van der Waals surface area (Å²) < 4.78 is 13.4. The van der Waals surface area contributed by atoms with Gasteiger partial charge in [0.2, 0.25) is 0 Å². The van der Waals surface area contributed by atoms with Crippen molar-refractivity contribution < 1.29 is 14.3 Å². The van der Waals surface area contributed by atoms with E-state index in [1.165, 1.54) is 0 Å². The normalized spacial score (nSPS) is 18.5. The molecule has 5 rings (SSSR count). The predicted molar refractivity (Wildman–Crippen MR) is 109 cm³/mol. The Kier molecular flexibility index (Phi) is 4.68. The van der Waals surface area contributed by atoms with Crippen LogP contribution in [0.1, 0.15) is 41.2 Å². The quantitative estimate of drug-likeness (QED) is 0.679. The number of benzene rings is 2. The number of fused-ring (bicyclic) bond motifs is 1. The zero-order valence-electron chi connectivity index (χ0n) is 16.2. The average molecular weight is 389 g/mol. The number of carbonyl (C=O) groups excluding carboxylic acids is 1. The van der Waals surface area contributed by atoms with E-state index in [0.717, 1.165) is 48.6 Å². The molecule has 0 saturated carbocycles. The van der Waals surface area contributed by atoms with E-state index in [1.54, 1.807) is 10.9 Å². The molecule has 6 heteroatoms. The van der Waals surface area contributed by atoms with Crippen LogP contribution in [0.4, 0.5) is 0 Å². The summed E-state index contributed by atoms with van der Waals surface area (Å²) >= 11 is 0. The molecule has 2 aliphatic heterocycles. The molecule has 0 radical (unpaired) electrons. The van der Waals surface area contributed by atoms with Crippen molar-refractivity contribution in [2.75, 3.05) is 19.8 Å². The van der Waals surface area contributed by atoms with E-state index in [2.05, 4.69) is 11.2 Å². The number of hydrogen-bond donors (Lipinski definition) is 0. The molecule has 1 atom stereocenters. The van der Waals surface area contributed by atoms with Crippen LogP contribution in [0.5, 0.6) is 11.5 Å². The fourth-order valence-corrected chi connectivity index (χ4v) is 4.09. The number of aromatic nitrogens is 2. The van der Waals surface area contributed by atoms with Gasteiger partial charge in [-0.25, -0.2) is 4.68 Å². The first-order chi connectivity index (χ1) is 14.3. The van der Waals surface area contributed by atoms with Crippen LogP contribution in [-0.2, 0) is 0 Å². The second-order valence-corrected chi connectivity index (χ2v) is 7.41. The third-order valence-corrected chi connectivity index (χ3v) is 5.55. The SMILES string of the molecule is O=C(c1ccc(-n2cccn2)cc1)N1CCC[C@H]1c1ccc2c(c1)OCCCO2. The smallest absolute Gasteiger partial charge is 0.254 e. The Hall–Kier alpha value is -3.28. The van der Waals surface area contributed by atoms with Crippen LogP contribution in [0.2, 0.25) is 0 Å². The first-order valence-corrected chi connectivity index (χ1v) is 10.1. The van der Waals surface area contributed by atoms with Crippen LogP contribution in [0.15, 0.2) is 60.9 Å². The first-order valence-electron chi connectivity index (χ1n) is 10.1. The molecule has 0 unspecified atom stereocenters. The number of rotatable bonds is 3. The molecule has 2 aromatic carbocycles. The van der Waals surface area contributed by atoms with Crippen molar-refractivity contribution in [1.82, 2.24) is 14.7 Å². The second kappa shape index (κ2) is 7.62. The molecule has 1 fully saturated rings. The van der Waals surface area contributed by atoms with E-state index < -0.39 is 0 Å². The molecular weight excluding hydrogens is 366 g/mol. The van der Waals surface area contributed by atoms with Crippen LogP contribution < -0.4 is 9.47 Å². The third kappa shape index (κ3) is 3.46. The van der Waals surface area contributed by atoms with E-state index in [4.69, 9.17) is 9.47 Å². The second-order valence-electron chi connectivity index (χ2n) is 7.41. The molecule has 6 nitrogen and oxygen atoms in total. The van der Waals surface area contributed by atoms with Crippen LogP contribution in [0.3, 0.4) is 0 Å². The molecule has 3 aromatic rings. The highest BCUT2D eigenvalue weighted by Gasteiger charge is 2.31. The molecule has 1 amide bonds. The van der Waals surface area contributed by atoms with Crippen molar-refractivity contribution in [3.8, 4) is 17.2 Å². The highest BCUT2D eigenvalue weighted by Crippen LogP contribution is 2.38. The monoisotopic (exact) mass is 389 g/mol. The van der Waals surface area contributed by atoms with Gasteiger partial charge in [-0.15, -0.1) is 0 Å².